The molecule has 4 N–H and O–H groups in total. The summed E-state index contributed by atoms with van der Waals surface area (Å²) in [5, 5.41) is 37.7. The number of carbonyl (C=O) groups excluding carboxylic acids is 1. The lowest BCUT2D eigenvalue weighted by Crippen LogP contribution is -1.95. The summed E-state index contributed by atoms with van der Waals surface area (Å²) in [6.07, 6.45) is 2.63. The third-order valence-corrected chi connectivity index (χ3v) is 3.03. The summed E-state index contributed by atoms with van der Waals surface area (Å²) in [6, 6.07) is 6.71. The fourth-order valence-corrected chi connectivity index (χ4v) is 1.86. The first-order valence-electron chi connectivity index (χ1n) is 6.27. The molecule has 0 aliphatic rings. The molecule has 0 saturated carbocycles. The minimum Gasteiger partial charge on any atom is -0.508 e. The van der Waals surface area contributed by atoms with Gasteiger partial charge < -0.3 is 25.2 Å². The van der Waals surface area contributed by atoms with Crippen molar-refractivity contribution in [2.24, 2.45) is 0 Å². The molecule has 2 aromatic rings. The van der Waals surface area contributed by atoms with Gasteiger partial charge in [-0.15, -0.1) is 0 Å². The number of hydrogen-bond donors (Lipinski definition) is 4. The number of carbonyl (C=O) groups is 1. The van der Waals surface area contributed by atoms with Gasteiger partial charge in [0.25, 0.3) is 0 Å². The van der Waals surface area contributed by atoms with Crippen molar-refractivity contribution in [3.8, 4) is 28.7 Å². The van der Waals surface area contributed by atoms with Gasteiger partial charge in [-0.25, -0.2) is 0 Å². The van der Waals surface area contributed by atoms with Crippen molar-refractivity contribution in [3.05, 3.63) is 47.5 Å². The van der Waals surface area contributed by atoms with E-state index >= 15 is 0 Å². The lowest BCUT2D eigenvalue weighted by atomic mass is 10.1. The average molecular weight is 302 g/mol. The van der Waals surface area contributed by atoms with E-state index in [2.05, 4.69) is 0 Å². The Morgan fingerprint density at radius 3 is 2.45 bits per heavy atom. The van der Waals surface area contributed by atoms with E-state index in [9.17, 15) is 25.2 Å². The molecule has 6 heteroatoms. The third kappa shape index (κ3) is 2.95. The van der Waals surface area contributed by atoms with Gasteiger partial charge in [0.1, 0.15) is 11.5 Å². The van der Waals surface area contributed by atoms with E-state index in [1.165, 1.54) is 37.5 Å². The third-order valence-electron chi connectivity index (χ3n) is 3.03. The Kier molecular flexibility index (Phi) is 4.22. The zero-order valence-electron chi connectivity index (χ0n) is 11.6. The number of aromatic hydroxyl groups is 4. The second-order valence-corrected chi connectivity index (χ2v) is 4.45. The van der Waals surface area contributed by atoms with Gasteiger partial charge in [0.15, 0.2) is 17.3 Å². The number of phenols is 4. The molecule has 0 aliphatic carbocycles. The number of ketones is 1. The maximum atomic E-state index is 12.0. The number of hydrogen-bond acceptors (Lipinski definition) is 6. The molecule has 0 spiro atoms. The molecular weight excluding hydrogens is 288 g/mol. The van der Waals surface area contributed by atoms with Crippen LogP contribution >= 0.6 is 0 Å². The standard InChI is InChI=1S/C16H14O6/c1-22-14-8-10(17)4-2-9(14)3-6-12(18)11-5-7-13(19)16(21)15(11)20/h2-8,17,19-21H,1H3/b6-3+. The Morgan fingerprint density at radius 1 is 1.05 bits per heavy atom. The quantitative estimate of drug-likeness (QED) is 0.392. The van der Waals surface area contributed by atoms with E-state index in [0.717, 1.165) is 6.07 Å². The second kappa shape index (κ2) is 6.09. The topological polar surface area (TPSA) is 107 Å². The first kappa shape index (κ1) is 15.2. The summed E-state index contributed by atoms with van der Waals surface area (Å²) < 4.78 is 5.08. The smallest absolute Gasteiger partial charge is 0.201 e. The molecule has 2 rings (SSSR count). The number of rotatable bonds is 4. The lowest BCUT2D eigenvalue weighted by Gasteiger charge is -2.06. The molecule has 0 aromatic heterocycles. The molecule has 0 heterocycles. The van der Waals surface area contributed by atoms with Crippen molar-refractivity contribution in [3.63, 3.8) is 0 Å². The van der Waals surface area contributed by atoms with Crippen molar-refractivity contribution in [1.29, 1.82) is 0 Å². The first-order chi connectivity index (χ1) is 10.4. The van der Waals surface area contributed by atoms with Crippen LogP contribution in [0.25, 0.3) is 6.08 Å². The predicted molar refractivity (Wildman–Crippen MR) is 79.5 cm³/mol. The molecule has 0 bridgehead atoms. The molecule has 0 radical (unpaired) electrons. The normalized spacial score (nSPS) is 10.8. The van der Waals surface area contributed by atoms with Crippen LogP contribution in [0.4, 0.5) is 0 Å². The summed E-state index contributed by atoms with van der Waals surface area (Å²) in [5.41, 5.74) is 0.403. The maximum absolute atomic E-state index is 12.0. The van der Waals surface area contributed by atoms with Crippen molar-refractivity contribution in [1.82, 2.24) is 0 Å². The van der Waals surface area contributed by atoms with Crippen LogP contribution < -0.4 is 4.74 Å². The van der Waals surface area contributed by atoms with Gasteiger partial charge in [-0.05, 0) is 36.4 Å². The van der Waals surface area contributed by atoms with E-state index < -0.39 is 23.0 Å². The van der Waals surface area contributed by atoms with Gasteiger partial charge in [0.2, 0.25) is 5.75 Å². The van der Waals surface area contributed by atoms with Gasteiger partial charge >= 0.3 is 0 Å². The van der Waals surface area contributed by atoms with Crippen LogP contribution in [-0.2, 0) is 0 Å². The van der Waals surface area contributed by atoms with E-state index in [1.54, 1.807) is 6.07 Å². The first-order valence-corrected chi connectivity index (χ1v) is 6.27. The summed E-state index contributed by atoms with van der Waals surface area (Å²) in [5.74, 6) is -2.11. The van der Waals surface area contributed by atoms with Crippen molar-refractivity contribution >= 4 is 11.9 Å². The number of ether oxygens (including phenoxy) is 1. The molecule has 0 unspecified atom stereocenters. The van der Waals surface area contributed by atoms with Crippen LogP contribution in [0.2, 0.25) is 0 Å². The number of allylic oxidation sites excluding steroid dienone is 1. The largest absolute Gasteiger partial charge is 0.508 e. The summed E-state index contributed by atoms with van der Waals surface area (Å²) in [4.78, 5) is 12.0. The monoisotopic (exact) mass is 302 g/mol. The molecule has 114 valence electrons. The van der Waals surface area contributed by atoms with Crippen LogP contribution in [0.15, 0.2) is 36.4 Å². The van der Waals surface area contributed by atoms with Crippen LogP contribution in [0.3, 0.4) is 0 Å². The molecule has 0 aliphatic heterocycles. The molecule has 2 aromatic carbocycles. The Morgan fingerprint density at radius 2 is 1.77 bits per heavy atom. The summed E-state index contributed by atoms with van der Waals surface area (Å²) in [7, 11) is 1.43. The molecule has 0 fully saturated rings. The summed E-state index contributed by atoms with van der Waals surface area (Å²) >= 11 is 0. The van der Waals surface area contributed by atoms with E-state index in [0.29, 0.717) is 11.3 Å². The van der Waals surface area contributed by atoms with E-state index in [1.807, 2.05) is 0 Å². The van der Waals surface area contributed by atoms with E-state index in [-0.39, 0.29) is 11.3 Å². The van der Waals surface area contributed by atoms with Gasteiger partial charge in [0, 0.05) is 11.6 Å². The minimum absolute atomic E-state index is 0.0291. The lowest BCUT2D eigenvalue weighted by molar-refractivity contribution is 0.104. The maximum Gasteiger partial charge on any atom is 0.201 e. The van der Waals surface area contributed by atoms with Crippen LogP contribution in [-0.4, -0.2) is 33.3 Å². The molecule has 0 amide bonds. The van der Waals surface area contributed by atoms with Crippen molar-refractivity contribution in [2.45, 2.75) is 0 Å². The minimum atomic E-state index is -0.749. The molecule has 22 heavy (non-hydrogen) atoms. The number of benzene rings is 2. The highest BCUT2D eigenvalue weighted by molar-refractivity contribution is 6.09. The highest BCUT2D eigenvalue weighted by Gasteiger charge is 2.15. The highest BCUT2D eigenvalue weighted by atomic mass is 16.5. The zero-order chi connectivity index (χ0) is 16.3. The number of phenolic OH excluding ortho intramolecular Hbond substituents is 4. The second-order valence-electron chi connectivity index (χ2n) is 4.45. The Labute approximate surface area is 126 Å². The van der Waals surface area contributed by atoms with Crippen molar-refractivity contribution in [2.75, 3.05) is 7.11 Å². The van der Waals surface area contributed by atoms with Crippen LogP contribution in [0, 0.1) is 0 Å². The van der Waals surface area contributed by atoms with Gasteiger partial charge in [-0.1, -0.05) is 0 Å². The molecule has 0 saturated heterocycles. The fraction of sp³-hybridized carbons (Fsp3) is 0.0625. The molecule has 0 atom stereocenters. The van der Waals surface area contributed by atoms with Crippen molar-refractivity contribution < 1.29 is 30.0 Å². The Hall–Kier alpha value is -3.15. The Bertz CT molecular complexity index is 749. The predicted octanol–water partition coefficient (Wildman–Crippen LogP) is 2.41. The zero-order valence-corrected chi connectivity index (χ0v) is 11.6. The Balaban J connectivity index is 2.31. The fourth-order valence-electron chi connectivity index (χ4n) is 1.86. The van der Waals surface area contributed by atoms with Gasteiger partial charge in [-0.3, -0.25) is 4.79 Å². The average Bonchev–Trinajstić information content (AvgIpc) is 2.51. The summed E-state index contributed by atoms with van der Waals surface area (Å²) in [6.45, 7) is 0. The number of methoxy groups -OCH3 is 1. The van der Waals surface area contributed by atoms with E-state index in [4.69, 9.17) is 4.74 Å². The van der Waals surface area contributed by atoms with Crippen LogP contribution in [0.1, 0.15) is 15.9 Å². The highest BCUT2D eigenvalue weighted by Crippen LogP contribution is 2.37. The van der Waals surface area contributed by atoms with Gasteiger partial charge in [-0.2, -0.15) is 0 Å². The molecule has 6 nitrogen and oxygen atoms in total. The SMILES string of the molecule is COc1cc(O)ccc1/C=C/C(=O)c1ccc(O)c(O)c1O. The molecular formula is C16H14O6. The van der Waals surface area contributed by atoms with Crippen LogP contribution in [0.5, 0.6) is 28.7 Å². The van der Waals surface area contributed by atoms with Gasteiger partial charge in [0.05, 0.1) is 12.7 Å².